The Balaban J connectivity index is 0.000000172. The monoisotopic (exact) mass is 720 g/mol. The summed E-state index contributed by atoms with van der Waals surface area (Å²) >= 11 is 0. The maximum Gasteiger partial charge on any atom is 0.330 e. The summed E-state index contributed by atoms with van der Waals surface area (Å²) in [6.45, 7) is 10.6. The van der Waals surface area contributed by atoms with Gasteiger partial charge in [-0.1, -0.05) is 20.8 Å². The van der Waals surface area contributed by atoms with E-state index in [9.17, 15) is 37.5 Å². The first-order chi connectivity index (χ1) is 24.1. The van der Waals surface area contributed by atoms with Crippen molar-refractivity contribution in [2.75, 3.05) is 6.61 Å². The Kier molecular flexibility index (Phi) is 13.4. The number of Topliss-reactive ketones (excluding diaryl/α,β-unsaturated/α-hetero) is 2. The topological polar surface area (TPSA) is 178 Å². The van der Waals surface area contributed by atoms with Gasteiger partial charge in [0.15, 0.2) is 11.6 Å². The number of carbonyl (C=O) groups is 4. The van der Waals surface area contributed by atoms with Crippen LogP contribution in [0.4, 0.5) is 8.78 Å². The minimum Gasteiger partial charge on any atom is -0.394 e. The average molecular weight is 721 g/mol. The standard InChI is InChI=1S/C13H19NO3.C12H16FNO3.C10H13FN2O4/c1-4-11-8(2)5-13(17-11)14-7-9(3)10(15)6-12(14)16;1-3-10-8(13)4-12(17-10)14-6-7(2)9(15)5-11(14)16;1-5-3-13(10(16)12-9(5)15)8-2-6(11)7(4-14)17-8/h7-8,11,13H,4-6H2,1-3H3;6,8,10,12H,3-5H2,1-2H3;3,6-8,14H,2,4H2,1H3,(H,12,15,16)/t8?,11-,13-;8?,10-,12-;6?,7-,8-/m111/s1/i;13-1;11-1. The molecule has 5 aliphatic heterocycles. The van der Waals surface area contributed by atoms with Crippen molar-refractivity contribution in [1.29, 1.82) is 0 Å². The number of hydrogen-bond acceptors (Lipinski definition) is 10. The van der Waals surface area contributed by atoms with Crippen molar-refractivity contribution in [2.24, 2.45) is 5.92 Å². The van der Waals surface area contributed by atoms with Gasteiger partial charge in [0.25, 0.3) is 5.56 Å². The third kappa shape index (κ3) is 9.33. The van der Waals surface area contributed by atoms with Crippen LogP contribution in [0.1, 0.15) is 91.4 Å². The zero-order chi connectivity index (χ0) is 37.7. The third-order valence-electron chi connectivity index (χ3n) is 9.67. The molecule has 16 heteroatoms. The van der Waals surface area contributed by atoms with E-state index in [-0.39, 0.29) is 61.4 Å². The second-order valence-corrected chi connectivity index (χ2v) is 13.5. The van der Waals surface area contributed by atoms with Crippen LogP contribution in [0.2, 0.25) is 0 Å². The summed E-state index contributed by atoms with van der Waals surface area (Å²) in [4.78, 5) is 74.0. The van der Waals surface area contributed by atoms with Gasteiger partial charge >= 0.3 is 5.69 Å². The minimum atomic E-state index is -1.32. The van der Waals surface area contributed by atoms with E-state index in [1.54, 1.807) is 31.9 Å². The van der Waals surface area contributed by atoms with Crippen molar-refractivity contribution in [3.8, 4) is 0 Å². The molecule has 14 nitrogen and oxygen atoms in total. The predicted octanol–water partition coefficient (Wildman–Crippen LogP) is 2.87. The molecule has 0 aromatic carbocycles. The van der Waals surface area contributed by atoms with Crippen LogP contribution in [-0.4, -0.2) is 97.6 Å². The van der Waals surface area contributed by atoms with Crippen LogP contribution in [0, 0.1) is 12.8 Å². The second kappa shape index (κ2) is 17.1. The Bertz CT molecular complexity index is 1580. The Morgan fingerprint density at radius 2 is 1.22 bits per heavy atom. The lowest BCUT2D eigenvalue weighted by molar-refractivity contribution is -0.145. The van der Waals surface area contributed by atoms with Gasteiger partial charge in [-0.2, -0.15) is 0 Å². The van der Waals surface area contributed by atoms with Gasteiger partial charge in [-0.15, -0.1) is 0 Å². The number of hydrogen-bond donors (Lipinski definition) is 2. The first-order valence-corrected chi connectivity index (χ1v) is 17.3. The van der Waals surface area contributed by atoms with E-state index in [2.05, 4.69) is 18.8 Å². The number of carbonyl (C=O) groups excluding carboxylic acids is 4. The molecule has 51 heavy (non-hydrogen) atoms. The summed E-state index contributed by atoms with van der Waals surface area (Å²) in [5, 5.41) is 8.86. The zero-order valence-corrected chi connectivity index (χ0v) is 29.8. The van der Waals surface area contributed by atoms with Gasteiger partial charge in [-0.05, 0) is 46.0 Å². The Morgan fingerprint density at radius 1 is 0.745 bits per heavy atom. The van der Waals surface area contributed by atoms with Crippen LogP contribution in [0.25, 0.3) is 0 Å². The highest BCUT2D eigenvalue weighted by molar-refractivity contribution is 6.09. The number of aromatic nitrogens is 2. The van der Waals surface area contributed by atoms with Crippen LogP contribution < -0.4 is 11.2 Å². The summed E-state index contributed by atoms with van der Waals surface area (Å²) in [7, 11) is 0. The van der Waals surface area contributed by atoms with Crippen LogP contribution >= 0.6 is 0 Å². The van der Waals surface area contributed by atoms with E-state index in [4.69, 9.17) is 19.3 Å². The van der Waals surface area contributed by atoms with Crippen molar-refractivity contribution >= 4 is 23.4 Å². The number of ether oxygens (including phenoxy) is 3. The lowest BCUT2D eigenvalue weighted by atomic mass is 10.0. The molecule has 0 radical (unpaired) electrons. The second-order valence-electron chi connectivity index (χ2n) is 13.5. The quantitative estimate of drug-likeness (QED) is 0.416. The summed E-state index contributed by atoms with van der Waals surface area (Å²) in [6, 6.07) is 0. The summed E-state index contributed by atoms with van der Waals surface area (Å²) in [5.74, 6) is -0.245. The normalized spacial score (nSPS) is 32.3. The van der Waals surface area contributed by atoms with E-state index in [1.807, 2.05) is 6.92 Å². The molecule has 0 aliphatic carbocycles. The fourth-order valence-corrected chi connectivity index (χ4v) is 6.51. The number of alkyl halides is 2. The number of aryl methyl sites for hydroxylation is 1. The number of nitrogens with one attached hydrogen (secondary N) is 1. The molecular formula is C35H48F2N4O10. The van der Waals surface area contributed by atoms with Crippen LogP contribution in [0.15, 0.2) is 39.3 Å². The highest BCUT2D eigenvalue weighted by atomic mass is 18.2. The minimum absolute atomic E-state index is 0.0172. The van der Waals surface area contributed by atoms with Gasteiger partial charge in [-0.25, -0.2) is 13.6 Å². The summed E-state index contributed by atoms with van der Waals surface area (Å²) in [6.07, 6.45) is 1.81. The molecule has 9 atom stereocenters. The first-order valence-electron chi connectivity index (χ1n) is 17.3. The third-order valence-corrected chi connectivity index (χ3v) is 9.67. The van der Waals surface area contributed by atoms with E-state index in [0.717, 1.165) is 17.4 Å². The van der Waals surface area contributed by atoms with Gasteiger partial charge in [0, 0.05) is 48.1 Å². The highest BCUT2D eigenvalue weighted by Gasteiger charge is 2.41. The number of rotatable bonds is 6. The molecule has 3 unspecified atom stereocenters. The van der Waals surface area contributed by atoms with Gasteiger partial charge in [0.05, 0.1) is 31.7 Å². The van der Waals surface area contributed by atoms with Crippen molar-refractivity contribution < 1.29 is 47.3 Å². The number of nitrogens with zero attached hydrogens (tertiary/aromatic N) is 3. The molecular weight excluding hydrogens is 672 g/mol. The highest BCUT2D eigenvalue weighted by Crippen LogP contribution is 2.33. The van der Waals surface area contributed by atoms with Gasteiger partial charge in [0.2, 0.25) is 11.8 Å². The Labute approximate surface area is 294 Å². The molecule has 0 saturated carbocycles. The molecule has 3 fully saturated rings. The van der Waals surface area contributed by atoms with Crippen molar-refractivity contribution in [3.63, 3.8) is 0 Å². The SMILES string of the molecule is CC[C@H]1O[C@@H](N2C=C(C)C(=O)CC2=O)CC1C.CC[C@H]1O[C@@H](N2C=C(C)C(=O)CC2=O)CC1[18F].Cc1cn([C@H]2CC([18F])[C@@H](CO)O2)c(=O)[nH]c1=O. The maximum atomic E-state index is 13.5. The number of amides is 2. The van der Waals surface area contributed by atoms with Crippen molar-refractivity contribution in [3.05, 3.63) is 56.1 Å². The van der Waals surface area contributed by atoms with E-state index in [0.29, 0.717) is 29.0 Å². The molecule has 6 heterocycles. The number of H-pyrrole nitrogens is 1. The first kappa shape index (κ1) is 39.9. The number of allylic oxidation sites excluding steroid dienone is 2. The average Bonchev–Trinajstić information content (AvgIpc) is 3.77. The molecule has 1 aromatic heterocycles. The van der Waals surface area contributed by atoms with Crippen LogP contribution in [-0.2, 0) is 33.4 Å². The summed E-state index contributed by atoms with van der Waals surface area (Å²) < 4.78 is 44.6. The fourth-order valence-electron chi connectivity index (χ4n) is 6.51. The summed E-state index contributed by atoms with van der Waals surface area (Å²) in [5.41, 5.74) is 0.386. The predicted molar refractivity (Wildman–Crippen MR) is 178 cm³/mol. The smallest absolute Gasteiger partial charge is 0.330 e. The number of aromatic amines is 1. The molecule has 1 aromatic rings. The largest absolute Gasteiger partial charge is 0.394 e. The van der Waals surface area contributed by atoms with E-state index < -0.39 is 54.9 Å². The van der Waals surface area contributed by atoms with E-state index in [1.165, 1.54) is 17.3 Å². The lowest BCUT2D eigenvalue weighted by Crippen LogP contribution is -2.40. The molecule has 282 valence electrons. The van der Waals surface area contributed by atoms with Gasteiger partial charge in [-0.3, -0.25) is 43.3 Å². The fraction of sp³-hybridized carbons (Fsp3) is 0.657. The van der Waals surface area contributed by atoms with Gasteiger partial charge < -0.3 is 19.3 Å². The van der Waals surface area contributed by atoms with Crippen LogP contribution in [0.3, 0.4) is 0 Å². The van der Waals surface area contributed by atoms with Crippen LogP contribution in [0.5, 0.6) is 0 Å². The molecule has 5 aliphatic rings. The maximum absolute atomic E-state index is 13.5. The van der Waals surface area contributed by atoms with Gasteiger partial charge in [0.1, 0.15) is 37.1 Å². The van der Waals surface area contributed by atoms with Crippen molar-refractivity contribution in [2.45, 2.75) is 136 Å². The molecule has 6 rings (SSSR count). The molecule has 2 N–H and O–H groups in total. The Morgan fingerprint density at radius 3 is 1.69 bits per heavy atom. The number of aliphatic hydroxyl groups is 1. The lowest BCUT2D eigenvalue weighted by Gasteiger charge is -2.28. The zero-order valence-electron chi connectivity index (χ0n) is 29.8. The number of ketones is 2. The Hall–Kier alpha value is -3.86. The molecule has 2 amide bonds. The van der Waals surface area contributed by atoms with Crippen molar-refractivity contribution in [1.82, 2.24) is 19.4 Å². The molecule has 0 spiro atoms. The van der Waals surface area contributed by atoms with E-state index >= 15 is 0 Å². The molecule has 0 bridgehead atoms. The number of aliphatic hydroxyl groups excluding tert-OH is 1. The molecule has 3 saturated heterocycles. The number of halogens is 2.